The van der Waals surface area contributed by atoms with Crippen LogP contribution in [0.15, 0.2) is 66.7 Å². The van der Waals surface area contributed by atoms with Crippen molar-refractivity contribution in [2.45, 2.75) is 25.7 Å². The Morgan fingerprint density at radius 2 is 1.65 bits per heavy atom. The molecular weight excluding hydrogens is 404 g/mol. The first kappa shape index (κ1) is 19.8. The van der Waals surface area contributed by atoms with E-state index in [-0.39, 0.29) is 5.92 Å². The third-order valence-electron chi connectivity index (χ3n) is 5.96. The normalized spacial score (nSPS) is 14.1. The number of carbonyl (C=O) groups is 1. The first-order valence-electron chi connectivity index (χ1n) is 10.7. The summed E-state index contributed by atoms with van der Waals surface area (Å²) < 4.78 is 6.39. The van der Waals surface area contributed by atoms with E-state index in [2.05, 4.69) is 34.6 Å². The number of nitrogens with zero attached hydrogens (tertiary/aromatic N) is 1. The number of hydrogen-bond acceptors (Lipinski definition) is 5. The number of benzene rings is 3. The first-order valence-corrected chi connectivity index (χ1v) is 11.5. The molecule has 0 radical (unpaired) electrons. The number of ether oxygens (including phenoxy) is 1. The molecule has 4 nitrogen and oxygen atoms in total. The van der Waals surface area contributed by atoms with E-state index in [1.165, 1.54) is 12.8 Å². The fourth-order valence-corrected chi connectivity index (χ4v) is 5.07. The highest BCUT2D eigenvalue weighted by Gasteiger charge is 2.23. The van der Waals surface area contributed by atoms with Gasteiger partial charge in [0.2, 0.25) is 0 Å². The number of fused-ring (bicyclic) bond motifs is 1. The van der Waals surface area contributed by atoms with E-state index in [1.54, 1.807) is 18.4 Å². The van der Waals surface area contributed by atoms with Crippen LogP contribution in [-0.4, -0.2) is 17.9 Å². The molecule has 31 heavy (non-hydrogen) atoms. The molecule has 1 aliphatic carbocycles. The fraction of sp³-hybridized carbons (Fsp3) is 0.231. The summed E-state index contributed by atoms with van der Waals surface area (Å²) in [7, 11) is 1.66. The van der Waals surface area contributed by atoms with Crippen LogP contribution in [0.1, 0.15) is 36.0 Å². The zero-order valence-electron chi connectivity index (χ0n) is 17.4. The van der Waals surface area contributed by atoms with Gasteiger partial charge in [0.05, 0.1) is 17.3 Å². The number of methoxy groups -OCH3 is 1. The van der Waals surface area contributed by atoms with Crippen LogP contribution >= 0.6 is 11.3 Å². The second-order valence-corrected chi connectivity index (χ2v) is 9.01. The van der Waals surface area contributed by atoms with E-state index < -0.39 is 0 Å². The maximum Gasteiger partial charge on any atom is 0.188 e. The Kier molecular flexibility index (Phi) is 5.43. The van der Waals surface area contributed by atoms with Crippen LogP contribution in [0.5, 0.6) is 5.75 Å². The SMILES string of the molecule is COc1ccc2sc(Nc3ccc(-c4ccc(C(=O)C5CCCC5)cc4)cc3)nc2c1. The second-order valence-electron chi connectivity index (χ2n) is 7.98. The Morgan fingerprint density at radius 1 is 0.968 bits per heavy atom. The highest BCUT2D eigenvalue weighted by molar-refractivity contribution is 7.22. The summed E-state index contributed by atoms with van der Waals surface area (Å²) in [5.74, 6) is 1.33. The Bertz CT molecular complexity index is 1210. The summed E-state index contributed by atoms with van der Waals surface area (Å²) in [6.45, 7) is 0. The minimum Gasteiger partial charge on any atom is -0.497 e. The smallest absolute Gasteiger partial charge is 0.188 e. The van der Waals surface area contributed by atoms with Crippen molar-refractivity contribution in [3.63, 3.8) is 0 Å². The number of nitrogens with one attached hydrogen (secondary N) is 1. The minimum absolute atomic E-state index is 0.222. The van der Waals surface area contributed by atoms with Crippen LogP contribution in [-0.2, 0) is 0 Å². The standard InChI is InChI=1S/C26H24N2O2S/c1-30-22-14-15-24-23(16-22)28-26(31-24)27-21-12-10-18(11-13-21)17-6-8-20(9-7-17)25(29)19-4-2-3-5-19/h6-16,19H,2-5H2,1H3,(H,27,28). The van der Waals surface area contributed by atoms with Gasteiger partial charge in [-0.3, -0.25) is 4.79 Å². The van der Waals surface area contributed by atoms with Gasteiger partial charge in [0.15, 0.2) is 10.9 Å². The topological polar surface area (TPSA) is 51.2 Å². The van der Waals surface area contributed by atoms with Crippen molar-refractivity contribution in [1.29, 1.82) is 0 Å². The van der Waals surface area contributed by atoms with Crippen LogP contribution in [0.3, 0.4) is 0 Å². The van der Waals surface area contributed by atoms with Gasteiger partial charge in [-0.05, 0) is 48.2 Å². The van der Waals surface area contributed by atoms with Crippen molar-refractivity contribution >= 4 is 38.2 Å². The van der Waals surface area contributed by atoms with E-state index in [9.17, 15) is 4.79 Å². The summed E-state index contributed by atoms with van der Waals surface area (Å²) in [6.07, 6.45) is 4.44. The maximum atomic E-state index is 12.6. The maximum absolute atomic E-state index is 12.6. The van der Waals surface area contributed by atoms with Crippen molar-refractivity contribution in [1.82, 2.24) is 4.98 Å². The Morgan fingerprint density at radius 3 is 2.32 bits per heavy atom. The molecule has 3 aromatic carbocycles. The largest absolute Gasteiger partial charge is 0.497 e. The summed E-state index contributed by atoms with van der Waals surface area (Å²) in [5, 5.41) is 4.24. The first-order chi connectivity index (χ1) is 15.2. The lowest BCUT2D eigenvalue weighted by atomic mass is 9.94. The monoisotopic (exact) mass is 428 g/mol. The van der Waals surface area contributed by atoms with Crippen LogP contribution in [0.4, 0.5) is 10.8 Å². The number of Topliss-reactive ketones (excluding diaryl/α,β-unsaturated/α-hetero) is 1. The molecule has 0 unspecified atom stereocenters. The molecule has 0 bridgehead atoms. The molecule has 5 rings (SSSR count). The van der Waals surface area contributed by atoms with Crippen LogP contribution in [0.25, 0.3) is 21.3 Å². The zero-order valence-corrected chi connectivity index (χ0v) is 18.2. The summed E-state index contributed by atoms with van der Waals surface area (Å²) in [4.78, 5) is 17.2. The molecule has 0 saturated heterocycles. The molecule has 5 heteroatoms. The molecule has 1 aliphatic rings. The predicted molar refractivity (Wildman–Crippen MR) is 128 cm³/mol. The summed E-state index contributed by atoms with van der Waals surface area (Å²) in [6, 6.07) is 22.2. The number of thiazole rings is 1. The molecule has 4 aromatic rings. The van der Waals surface area contributed by atoms with Gasteiger partial charge in [-0.15, -0.1) is 0 Å². The Labute approximate surface area is 185 Å². The predicted octanol–water partition coefficient (Wildman–Crippen LogP) is 7.09. The van der Waals surface area contributed by atoms with Crippen LogP contribution in [0.2, 0.25) is 0 Å². The third-order valence-corrected chi connectivity index (χ3v) is 6.91. The van der Waals surface area contributed by atoms with Gasteiger partial charge in [0, 0.05) is 23.2 Å². The second kappa shape index (κ2) is 8.52. The van der Waals surface area contributed by atoms with Gasteiger partial charge in [0.1, 0.15) is 5.75 Å². The molecule has 0 aliphatic heterocycles. The van der Waals surface area contributed by atoms with E-state index in [0.29, 0.717) is 5.78 Å². The van der Waals surface area contributed by atoms with Gasteiger partial charge in [-0.25, -0.2) is 4.98 Å². The number of carbonyl (C=O) groups excluding carboxylic acids is 1. The van der Waals surface area contributed by atoms with E-state index in [1.807, 2.05) is 42.5 Å². The van der Waals surface area contributed by atoms with Crippen molar-refractivity contribution in [3.8, 4) is 16.9 Å². The molecule has 0 amide bonds. The van der Waals surface area contributed by atoms with E-state index in [0.717, 1.165) is 56.3 Å². The lowest BCUT2D eigenvalue weighted by Gasteiger charge is -2.09. The van der Waals surface area contributed by atoms with Crippen molar-refractivity contribution in [2.75, 3.05) is 12.4 Å². The molecule has 1 aromatic heterocycles. The number of ketones is 1. The third kappa shape index (κ3) is 4.19. The molecule has 0 spiro atoms. The van der Waals surface area contributed by atoms with Crippen molar-refractivity contribution in [3.05, 3.63) is 72.3 Å². The highest BCUT2D eigenvalue weighted by atomic mass is 32.1. The van der Waals surface area contributed by atoms with E-state index in [4.69, 9.17) is 4.74 Å². The number of rotatable bonds is 6. The van der Waals surface area contributed by atoms with Gasteiger partial charge < -0.3 is 10.1 Å². The van der Waals surface area contributed by atoms with Gasteiger partial charge in [-0.1, -0.05) is 60.6 Å². The molecule has 1 fully saturated rings. The van der Waals surface area contributed by atoms with Crippen LogP contribution in [0, 0.1) is 5.92 Å². The summed E-state index contributed by atoms with van der Waals surface area (Å²) >= 11 is 1.62. The molecule has 156 valence electrons. The average Bonchev–Trinajstić information content (AvgIpc) is 3.48. The van der Waals surface area contributed by atoms with Crippen molar-refractivity contribution in [2.24, 2.45) is 5.92 Å². The fourth-order valence-electron chi connectivity index (χ4n) is 4.21. The van der Waals surface area contributed by atoms with Gasteiger partial charge in [-0.2, -0.15) is 0 Å². The number of anilines is 2. The molecule has 0 atom stereocenters. The van der Waals surface area contributed by atoms with Crippen LogP contribution < -0.4 is 10.1 Å². The Balaban J connectivity index is 1.29. The minimum atomic E-state index is 0.222. The van der Waals surface area contributed by atoms with Gasteiger partial charge in [0.25, 0.3) is 0 Å². The highest BCUT2D eigenvalue weighted by Crippen LogP contribution is 2.32. The quantitative estimate of drug-likeness (QED) is 0.333. The van der Waals surface area contributed by atoms with E-state index >= 15 is 0 Å². The van der Waals surface area contributed by atoms with Gasteiger partial charge >= 0.3 is 0 Å². The number of aromatic nitrogens is 1. The zero-order chi connectivity index (χ0) is 21.2. The summed E-state index contributed by atoms with van der Waals surface area (Å²) in [5.41, 5.74) is 4.99. The average molecular weight is 429 g/mol. The molecular formula is C26H24N2O2S. The lowest BCUT2D eigenvalue weighted by molar-refractivity contribution is 0.0923. The number of hydrogen-bond donors (Lipinski definition) is 1. The lowest BCUT2D eigenvalue weighted by Crippen LogP contribution is -2.10. The Hall–Kier alpha value is -3.18. The molecule has 1 N–H and O–H groups in total. The van der Waals surface area contributed by atoms with Crippen molar-refractivity contribution < 1.29 is 9.53 Å². The molecule has 1 heterocycles. The molecule has 1 saturated carbocycles.